The van der Waals surface area contributed by atoms with Crippen LogP contribution in [0.4, 0.5) is 10.2 Å². The van der Waals surface area contributed by atoms with Crippen LogP contribution in [0.2, 0.25) is 0 Å². The van der Waals surface area contributed by atoms with E-state index in [0.717, 1.165) is 0 Å². The topological polar surface area (TPSA) is 87.6 Å². The summed E-state index contributed by atoms with van der Waals surface area (Å²) >= 11 is 0. The minimum Gasteiger partial charge on any atom is -0.409 e. The van der Waals surface area contributed by atoms with Crippen molar-refractivity contribution in [2.24, 2.45) is 10.9 Å². The van der Waals surface area contributed by atoms with Crippen molar-refractivity contribution in [3.63, 3.8) is 0 Å². The standard InChI is InChI=1S/C14H16FN5O/c1-9(10-5-3-4-6-11(10)15)20(2)14-12(13(16)19-21)17-7-8-18-14/h3-9,21H,1-2H3,(H2,16,19). The molecule has 6 nitrogen and oxygen atoms in total. The second kappa shape index (κ2) is 6.17. The highest BCUT2D eigenvalue weighted by Gasteiger charge is 2.21. The van der Waals surface area contributed by atoms with Gasteiger partial charge in [0.05, 0.1) is 6.04 Å². The van der Waals surface area contributed by atoms with Crippen molar-refractivity contribution in [2.45, 2.75) is 13.0 Å². The Labute approximate surface area is 121 Å². The molecular weight excluding hydrogens is 273 g/mol. The minimum atomic E-state index is -0.300. The molecule has 0 spiro atoms. The third kappa shape index (κ3) is 2.91. The van der Waals surface area contributed by atoms with Crippen molar-refractivity contribution >= 4 is 11.7 Å². The van der Waals surface area contributed by atoms with Gasteiger partial charge in [-0.05, 0) is 13.0 Å². The van der Waals surface area contributed by atoms with Gasteiger partial charge >= 0.3 is 0 Å². The third-order valence-corrected chi connectivity index (χ3v) is 3.30. The number of anilines is 1. The van der Waals surface area contributed by atoms with Crippen LogP contribution in [0.1, 0.15) is 24.2 Å². The van der Waals surface area contributed by atoms with Crippen LogP contribution >= 0.6 is 0 Å². The predicted octanol–water partition coefficient (Wildman–Crippen LogP) is 1.91. The number of benzene rings is 1. The normalized spacial score (nSPS) is 13.0. The molecule has 0 aliphatic rings. The fraction of sp³-hybridized carbons (Fsp3) is 0.214. The zero-order valence-electron chi connectivity index (χ0n) is 11.7. The van der Waals surface area contributed by atoms with Crippen molar-refractivity contribution in [3.05, 3.63) is 53.7 Å². The van der Waals surface area contributed by atoms with Crippen LogP contribution in [0.3, 0.4) is 0 Å². The minimum absolute atomic E-state index is 0.148. The lowest BCUT2D eigenvalue weighted by Gasteiger charge is -2.27. The Bertz CT molecular complexity index is 661. The Kier molecular flexibility index (Phi) is 4.32. The molecule has 2 rings (SSSR count). The number of amidine groups is 1. The van der Waals surface area contributed by atoms with Crippen molar-refractivity contribution in [1.82, 2.24) is 9.97 Å². The first-order valence-corrected chi connectivity index (χ1v) is 6.32. The van der Waals surface area contributed by atoms with Gasteiger partial charge in [-0.15, -0.1) is 0 Å². The first-order chi connectivity index (χ1) is 10.1. The average molecular weight is 289 g/mol. The number of rotatable bonds is 4. The van der Waals surface area contributed by atoms with E-state index in [1.165, 1.54) is 18.5 Å². The fourth-order valence-electron chi connectivity index (χ4n) is 2.02. The van der Waals surface area contributed by atoms with Crippen LogP contribution in [0.25, 0.3) is 0 Å². The molecule has 1 unspecified atom stereocenters. The quantitative estimate of drug-likeness (QED) is 0.388. The molecule has 0 saturated carbocycles. The molecule has 1 heterocycles. The smallest absolute Gasteiger partial charge is 0.192 e. The van der Waals surface area contributed by atoms with E-state index in [0.29, 0.717) is 11.4 Å². The maximum atomic E-state index is 13.9. The molecule has 0 amide bonds. The monoisotopic (exact) mass is 289 g/mol. The lowest BCUT2D eigenvalue weighted by molar-refractivity contribution is 0.318. The molecule has 0 bridgehead atoms. The Hall–Kier alpha value is -2.70. The van der Waals surface area contributed by atoms with Gasteiger partial charge in [-0.2, -0.15) is 0 Å². The zero-order valence-corrected chi connectivity index (χ0v) is 11.7. The highest BCUT2D eigenvalue weighted by atomic mass is 19.1. The summed E-state index contributed by atoms with van der Waals surface area (Å²) in [6, 6.07) is 6.21. The highest BCUT2D eigenvalue weighted by Crippen LogP contribution is 2.26. The van der Waals surface area contributed by atoms with E-state index in [1.54, 1.807) is 30.1 Å². The van der Waals surface area contributed by atoms with Gasteiger partial charge in [0, 0.05) is 25.0 Å². The summed E-state index contributed by atoms with van der Waals surface area (Å²) in [5.41, 5.74) is 6.36. The van der Waals surface area contributed by atoms with Crippen LogP contribution in [0.15, 0.2) is 41.8 Å². The van der Waals surface area contributed by atoms with Gasteiger partial charge in [-0.25, -0.2) is 14.4 Å². The summed E-state index contributed by atoms with van der Waals surface area (Å²) in [7, 11) is 1.75. The number of nitrogens with zero attached hydrogens (tertiary/aromatic N) is 4. The predicted molar refractivity (Wildman–Crippen MR) is 77.8 cm³/mol. The van der Waals surface area contributed by atoms with Gasteiger partial charge in [0.15, 0.2) is 17.3 Å². The van der Waals surface area contributed by atoms with Gasteiger partial charge in [-0.3, -0.25) is 0 Å². The maximum Gasteiger partial charge on any atom is 0.192 e. The van der Waals surface area contributed by atoms with Crippen LogP contribution in [-0.4, -0.2) is 28.1 Å². The Morgan fingerprint density at radius 2 is 2.00 bits per heavy atom. The van der Waals surface area contributed by atoms with Gasteiger partial charge in [-0.1, -0.05) is 23.4 Å². The van der Waals surface area contributed by atoms with Gasteiger partial charge in [0.2, 0.25) is 0 Å². The summed E-state index contributed by atoms with van der Waals surface area (Å²) < 4.78 is 13.9. The van der Waals surface area contributed by atoms with Crippen LogP contribution in [0.5, 0.6) is 0 Å². The third-order valence-electron chi connectivity index (χ3n) is 3.30. The second-order valence-corrected chi connectivity index (χ2v) is 4.52. The van der Waals surface area contributed by atoms with Crippen molar-refractivity contribution < 1.29 is 9.60 Å². The van der Waals surface area contributed by atoms with E-state index >= 15 is 0 Å². The first-order valence-electron chi connectivity index (χ1n) is 6.32. The molecule has 0 radical (unpaired) electrons. The first kappa shape index (κ1) is 14.7. The zero-order chi connectivity index (χ0) is 15.4. The van der Waals surface area contributed by atoms with Gasteiger partial charge in [0.25, 0.3) is 0 Å². The molecule has 0 aliphatic heterocycles. The number of hydrogen-bond acceptors (Lipinski definition) is 5. The molecule has 0 saturated heterocycles. The van der Waals surface area contributed by atoms with Gasteiger partial charge in [0.1, 0.15) is 5.82 Å². The van der Waals surface area contributed by atoms with E-state index in [4.69, 9.17) is 10.9 Å². The molecule has 110 valence electrons. The molecule has 2 aromatic rings. The number of oxime groups is 1. The highest BCUT2D eigenvalue weighted by molar-refractivity contribution is 5.99. The number of hydrogen-bond donors (Lipinski definition) is 2. The lowest BCUT2D eigenvalue weighted by atomic mass is 10.1. The Morgan fingerprint density at radius 1 is 1.33 bits per heavy atom. The lowest BCUT2D eigenvalue weighted by Crippen LogP contribution is -2.28. The van der Waals surface area contributed by atoms with E-state index < -0.39 is 0 Å². The molecular formula is C14H16FN5O. The molecule has 7 heteroatoms. The molecule has 1 aromatic carbocycles. The molecule has 0 aliphatic carbocycles. The summed E-state index contributed by atoms with van der Waals surface area (Å²) in [6.45, 7) is 1.84. The average Bonchev–Trinajstić information content (AvgIpc) is 2.53. The SMILES string of the molecule is CC(c1ccccc1F)N(C)c1nccnc1C(N)=NO. The molecule has 1 atom stereocenters. The number of nitrogens with two attached hydrogens (primary N) is 1. The summed E-state index contributed by atoms with van der Waals surface area (Å²) in [6.07, 6.45) is 2.94. The van der Waals surface area contributed by atoms with Crippen molar-refractivity contribution in [3.8, 4) is 0 Å². The van der Waals surface area contributed by atoms with Crippen LogP contribution in [-0.2, 0) is 0 Å². The fourth-order valence-corrected chi connectivity index (χ4v) is 2.02. The Morgan fingerprint density at radius 3 is 2.67 bits per heavy atom. The molecule has 0 fully saturated rings. The van der Waals surface area contributed by atoms with E-state index in [2.05, 4.69) is 15.1 Å². The second-order valence-electron chi connectivity index (χ2n) is 4.52. The maximum absolute atomic E-state index is 13.9. The summed E-state index contributed by atoms with van der Waals surface area (Å²) in [5.74, 6) is -0.0414. The summed E-state index contributed by atoms with van der Waals surface area (Å²) in [4.78, 5) is 9.97. The molecule has 1 aromatic heterocycles. The molecule has 3 N–H and O–H groups in total. The number of aromatic nitrogens is 2. The van der Waals surface area contributed by atoms with E-state index in [-0.39, 0.29) is 23.4 Å². The van der Waals surface area contributed by atoms with E-state index in [1.807, 2.05) is 6.92 Å². The van der Waals surface area contributed by atoms with Crippen LogP contribution in [0, 0.1) is 5.82 Å². The molecule has 21 heavy (non-hydrogen) atoms. The van der Waals surface area contributed by atoms with Crippen LogP contribution < -0.4 is 10.6 Å². The Balaban J connectivity index is 2.41. The van der Waals surface area contributed by atoms with Crippen molar-refractivity contribution in [1.29, 1.82) is 0 Å². The van der Waals surface area contributed by atoms with Crippen molar-refractivity contribution in [2.75, 3.05) is 11.9 Å². The number of halogens is 1. The van der Waals surface area contributed by atoms with E-state index in [9.17, 15) is 4.39 Å². The summed E-state index contributed by atoms with van der Waals surface area (Å²) in [5, 5.41) is 11.8. The largest absolute Gasteiger partial charge is 0.409 e. The van der Waals surface area contributed by atoms with Gasteiger partial charge < -0.3 is 15.8 Å².